The van der Waals surface area contributed by atoms with Gasteiger partial charge in [0.25, 0.3) is 0 Å². The van der Waals surface area contributed by atoms with Gasteiger partial charge >= 0.3 is 0 Å². The number of nitrogens with zero attached hydrogens (tertiary/aromatic N) is 5. The summed E-state index contributed by atoms with van der Waals surface area (Å²) in [6.07, 6.45) is 2.49. The third-order valence-electron chi connectivity index (χ3n) is 3.05. The highest BCUT2D eigenvalue weighted by molar-refractivity contribution is 6.16. The fraction of sp³-hybridized carbons (Fsp3) is 0.385. The third kappa shape index (κ3) is 2.38. The van der Waals surface area contributed by atoms with E-state index in [0.29, 0.717) is 30.6 Å². The first kappa shape index (κ1) is 13.1. The van der Waals surface area contributed by atoms with Gasteiger partial charge in [0, 0.05) is 26.1 Å². The molecule has 0 aliphatic carbocycles. The average Bonchev–Trinajstić information content (AvgIpc) is 2.99. The van der Waals surface area contributed by atoms with Crippen LogP contribution in [0.15, 0.2) is 16.8 Å². The zero-order valence-electron chi connectivity index (χ0n) is 11.3. The number of hydrogen-bond acceptors (Lipinski definition) is 5. The van der Waals surface area contributed by atoms with Crippen LogP contribution in [0.2, 0.25) is 0 Å². The monoisotopic (exact) mass is 291 g/mol. The van der Waals surface area contributed by atoms with Crippen molar-refractivity contribution in [3.05, 3.63) is 35.4 Å². The fourth-order valence-electron chi connectivity index (χ4n) is 2.15. The van der Waals surface area contributed by atoms with Gasteiger partial charge in [0.05, 0.1) is 5.88 Å². The van der Waals surface area contributed by atoms with Crippen molar-refractivity contribution in [3.63, 3.8) is 0 Å². The van der Waals surface area contributed by atoms with Crippen molar-refractivity contribution in [3.8, 4) is 0 Å². The molecule has 0 bridgehead atoms. The number of pyridine rings is 1. The molecule has 0 spiro atoms. The summed E-state index contributed by atoms with van der Waals surface area (Å²) in [5.74, 6) is 2.40. The lowest BCUT2D eigenvalue weighted by molar-refractivity contribution is 0.386. The minimum absolute atomic E-state index is 0.348. The molecule has 3 aromatic rings. The van der Waals surface area contributed by atoms with Crippen LogP contribution in [0.4, 0.5) is 0 Å². The van der Waals surface area contributed by atoms with Gasteiger partial charge in [-0.25, -0.2) is 9.97 Å². The van der Waals surface area contributed by atoms with Gasteiger partial charge in [-0.3, -0.25) is 0 Å². The average molecular weight is 292 g/mol. The predicted molar refractivity (Wildman–Crippen MR) is 74.6 cm³/mol. The minimum Gasteiger partial charge on any atom is -0.340 e. The number of imidazole rings is 1. The Morgan fingerprint density at radius 2 is 2.15 bits per heavy atom. The zero-order valence-corrected chi connectivity index (χ0v) is 12.1. The van der Waals surface area contributed by atoms with Crippen molar-refractivity contribution in [2.24, 2.45) is 0 Å². The summed E-state index contributed by atoms with van der Waals surface area (Å²) < 4.78 is 6.97. The molecule has 0 saturated carbocycles. The summed E-state index contributed by atoms with van der Waals surface area (Å²) in [6, 6.07) is 2.01. The Kier molecular flexibility index (Phi) is 3.40. The van der Waals surface area contributed by atoms with Crippen molar-refractivity contribution in [2.75, 3.05) is 0 Å². The summed E-state index contributed by atoms with van der Waals surface area (Å²) in [6.45, 7) is 4.44. The Balaban J connectivity index is 1.93. The van der Waals surface area contributed by atoms with Crippen molar-refractivity contribution in [2.45, 2.75) is 32.7 Å². The molecule has 6 nitrogen and oxygen atoms in total. The number of hydrogen-bond donors (Lipinski definition) is 0. The molecule has 0 fully saturated rings. The summed E-state index contributed by atoms with van der Waals surface area (Å²) in [4.78, 5) is 13.2. The van der Waals surface area contributed by atoms with Crippen LogP contribution < -0.4 is 0 Å². The van der Waals surface area contributed by atoms with E-state index >= 15 is 0 Å². The van der Waals surface area contributed by atoms with E-state index in [0.717, 1.165) is 22.6 Å². The molecule has 20 heavy (non-hydrogen) atoms. The molecule has 3 rings (SSSR count). The summed E-state index contributed by atoms with van der Waals surface area (Å²) in [7, 11) is 0. The lowest BCUT2D eigenvalue weighted by Crippen LogP contribution is -2.06. The van der Waals surface area contributed by atoms with E-state index in [1.807, 2.05) is 23.8 Å². The lowest BCUT2D eigenvalue weighted by atomic mass is 10.3. The Hall–Kier alpha value is -1.95. The second-order valence-electron chi connectivity index (χ2n) is 4.65. The van der Waals surface area contributed by atoms with E-state index in [1.54, 1.807) is 6.92 Å². The summed E-state index contributed by atoms with van der Waals surface area (Å²) in [5, 5.41) is 3.89. The standard InChI is InChI=1S/C13H14ClN5O/c1-8-5-10-13(15-7-8)19(12(6-14)17-10)4-3-11-16-9(2)20-18-11/h5,7H,3-4,6H2,1-2H3. The molecule has 0 aliphatic rings. The minimum atomic E-state index is 0.348. The highest BCUT2D eigenvalue weighted by Gasteiger charge is 2.12. The fourth-order valence-corrected chi connectivity index (χ4v) is 2.35. The topological polar surface area (TPSA) is 69.6 Å². The molecule has 0 N–H and O–H groups in total. The number of halogens is 1. The highest BCUT2D eigenvalue weighted by atomic mass is 35.5. The molecule has 104 valence electrons. The number of fused-ring (bicyclic) bond motifs is 1. The highest BCUT2D eigenvalue weighted by Crippen LogP contribution is 2.17. The normalized spacial score (nSPS) is 11.3. The van der Waals surface area contributed by atoms with E-state index in [1.165, 1.54) is 0 Å². The smallest absolute Gasteiger partial charge is 0.223 e. The van der Waals surface area contributed by atoms with E-state index < -0.39 is 0 Å². The Bertz CT molecular complexity index is 748. The Morgan fingerprint density at radius 3 is 2.85 bits per heavy atom. The Labute approximate surface area is 120 Å². The molecular weight excluding hydrogens is 278 g/mol. The van der Waals surface area contributed by atoms with E-state index in [2.05, 4.69) is 20.1 Å². The second kappa shape index (κ2) is 5.20. The first-order valence-electron chi connectivity index (χ1n) is 6.34. The van der Waals surface area contributed by atoms with Crippen LogP contribution in [0.5, 0.6) is 0 Å². The van der Waals surface area contributed by atoms with Crippen molar-refractivity contribution in [1.82, 2.24) is 24.7 Å². The molecule has 0 radical (unpaired) electrons. The molecule has 0 aromatic carbocycles. The number of rotatable bonds is 4. The van der Waals surface area contributed by atoms with Crippen LogP contribution in [0.25, 0.3) is 11.2 Å². The van der Waals surface area contributed by atoms with Gasteiger partial charge in [-0.15, -0.1) is 11.6 Å². The lowest BCUT2D eigenvalue weighted by Gasteiger charge is -2.04. The van der Waals surface area contributed by atoms with Gasteiger partial charge in [0.15, 0.2) is 11.5 Å². The number of alkyl halides is 1. The van der Waals surface area contributed by atoms with Gasteiger partial charge in [-0.2, -0.15) is 4.98 Å². The van der Waals surface area contributed by atoms with Crippen LogP contribution in [-0.2, 0) is 18.8 Å². The van der Waals surface area contributed by atoms with Crippen LogP contribution in [0.3, 0.4) is 0 Å². The first-order chi connectivity index (χ1) is 9.67. The SMILES string of the molecule is Cc1cnc2c(c1)nc(CCl)n2CCc1noc(C)n1. The largest absolute Gasteiger partial charge is 0.340 e. The molecule has 0 unspecified atom stereocenters. The molecule has 0 amide bonds. The van der Waals surface area contributed by atoms with Crippen molar-refractivity contribution >= 4 is 22.8 Å². The van der Waals surface area contributed by atoms with Gasteiger partial charge in [0.1, 0.15) is 11.3 Å². The van der Waals surface area contributed by atoms with Crippen LogP contribution in [0, 0.1) is 13.8 Å². The quantitative estimate of drug-likeness (QED) is 0.690. The molecule has 3 heterocycles. The van der Waals surface area contributed by atoms with Crippen molar-refractivity contribution in [1.29, 1.82) is 0 Å². The number of aromatic nitrogens is 5. The number of aryl methyl sites for hydroxylation is 4. The third-order valence-corrected chi connectivity index (χ3v) is 3.29. The molecule has 0 saturated heterocycles. The van der Waals surface area contributed by atoms with Crippen LogP contribution in [-0.4, -0.2) is 24.7 Å². The van der Waals surface area contributed by atoms with E-state index in [-0.39, 0.29) is 0 Å². The molecular formula is C13H14ClN5O. The molecule has 0 atom stereocenters. The zero-order chi connectivity index (χ0) is 14.1. The maximum atomic E-state index is 5.97. The molecule has 0 aliphatic heterocycles. The van der Waals surface area contributed by atoms with Gasteiger partial charge in [-0.1, -0.05) is 5.16 Å². The maximum absolute atomic E-state index is 5.97. The van der Waals surface area contributed by atoms with Gasteiger partial charge in [0.2, 0.25) is 5.89 Å². The van der Waals surface area contributed by atoms with Crippen LogP contribution >= 0.6 is 11.6 Å². The first-order valence-corrected chi connectivity index (χ1v) is 6.87. The maximum Gasteiger partial charge on any atom is 0.223 e. The van der Waals surface area contributed by atoms with Crippen LogP contribution in [0.1, 0.15) is 23.1 Å². The second-order valence-corrected chi connectivity index (χ2v) is 4.92. The summed E-state index contributed by atoms with van der Waals surface area (Å²) >= 11 is 5.97. The summed E-state index contributed by atoms with van der Waals surface area (Å²) in [5.41, 5.74) is 2.79. The predicted octanol–water partition coefficient (Wildman–Crippen LogP) is 2.41. The molecule has 7 heteroatoms. The van der Waals surface area contributed by atoms with Gasteiger partial charge < -0.3 is 9.09 Å². The van der Waals surface area contributed by atoms with Crippen molar-refractivity contribution < 1.29 is 4.52 Å². The Morgan fingerprint density at radius 1 is 1.30 bits per heavy atom. The molecule has 3 aromatic heterocycles. The van der Waals surface area contributed by atoms with E-state index in [4.69, 9.17) is 16.1 Å². The van der Waals surface area contributed by atoms with Gasteiger partial charge in [-0.05, 0) is 18.6 Å². The van der Waals surface area contributed by atoms with E-state index in [9.17, 15) is 0 Å².